The number of hydrogen-bond donors (Lipinski definition) is 1. The first kappa shape index (κ1) is 20.7. The Morgan fingerprint density at radius 3 is 2.70 bits per heavy atom. The molecule has 0 aliphatic carbocycles. The third-order valence-corrected chi connectivity index (χ3v) is 6.60. The number of carbonyl (C=O) groups excluding carboxylic acids is 1. The van der Waals surface area contributed by atoms with Gasteiger partial charge in [0.15, 0.2) is 5.16 Å². The summed E-state index contributed by atoms with van der Waals surface area (Å²) >= 11 is 8.74. The molecule has 5 nitrogen and oxygen atoms in total. The molecule has 2 heterocycles. The van der Waals surface area contributed by atoms with Gasteiger partial charge in [0.1, 0.15) is 4.83 Å². The maximum Gasteiger partial charge on any atom is 0.267 e. The highest BCUT2D eigenvalue weighted by Gasteiger charge is 2.16. The van der Waals surface area contributed by atoms with Gasteiger partial charge >= 0.3 is 0 Å². The van der Waals surface area contributed by atoms with E-state index in [1.54, 1.807) is 16.7 Å². The van der Waals surface area contributed by atoms with Crippen molar-refractivity contribution in [1.82, 2.24) is 9.55 Å². The number of nitrogens with zero attached hydrogens (tertiary/aromatic N) is 2. The van der Waals surface area contributed by atoms with Gasteiger partial charge in [-0.05, 0) is 49.7 Å². The number of thioether (sulfide) groups is 1. The van der Waals surface area contributed by atoms with Gasteiger partial charge in [0, 0.05) is 15.6 Å². The fourth-order valence-corrected chi connectivity index (χ4v) is 4.93. The summed E-state index contributed by atoms with van der Waals surface area (Å²) in [5.41, 5.74) is 2.18. The molecule has 1 N–H and O–H groups in total. The summed E-state index contributed by atoms with van der Waals surface area (Å²) in [6.45, 7) is 3.85. The number of anilines is 1. The van der Waals surface area contributed by atoms with Crippen molar-refractivity contribution < 1.29 is 4.79 Å². The van der Waals surface area contributed by atoms with E-state index in [1.165, 1.54) is 23.1 Å². The zero-order valence-corrected chi connectivity index (χ0v) is 18.7. The first-order valence-corrected chi connectivity index (χ1v) is 11.4. The van der Waals surface area contributed by atoms with Gasteiger partial charge in [-0.25, -0.2) is 4.98 Å². The van der Waals surface area contributed by atoms with E-state index in [1.807, 2.05) is 56.3 Å². The summed E-state index contributed by atoms with van der Waals surface area (Å²) in [4.78, 5) is 32.1. The van der Waals surface area contributed by atoms with Crippen molar-refractivity contribution in [2.24, 2.45) is 0 Å². The van der Waals surface area contributed by atoms with Gasteiger partial charge in [-0.15, -0.1) is 11.3 Å². The summed E-state index contributed by atoms with van der Waals surface area (Å²) in [6, 6.07) is 16.6. The smallest absolute Gasteiger partial charge is 0.267 e. The highest BCUT2D eigenvalue weighted by atomic mass is 35.5. The molecule has 2 aromatic carbocycles. The predicted octanol–water partition coefficient (Wildman–Crippen LogP) is 5.45. The van der Waals surface area contributed by atoms with E-state index in [9.17, 15) is 9.59 Å². The Morgan fingerprint density at radius 1 is 1.17 bits per heavy atom. The second-order valence-electron chi connectivity index (χ2n) is 6.74. The van der Waals surface area contributed by atoms with Gasteiger partial charge in [-0.3, -0.25) is 14.2 Å². The molecule has 0 saturated carbocycles. The number of amides is 1. The van der Waals surface area contributed by atoms with Crippen LogP contribution >= 0.6 is 34.7 Å². The van der Waals surface area contributed by atoms with Crippen molar-refractivity contribution in [3.8, 4) is 5.69 Å². The van der Waals surface area contributed by atoms with E-state index < -0.39 is 0 Å². The van der Waals surface area contributed by atoms with Gasteiger partial charge in [-0.2, -0.15) is 0 Å². The van der Waals surface area contributed by atoms with E-state index in [0.29, 0.717) is 31.8 Å². The molecule has 2 aromatic heterocycles. The lowest BCUT2D eigenvalue weighted by Gasteiger charge is -2.12. The average molecular weight is 456 g/mol. The number of thiophene rings is 1. The van der Waals surface area contributed by atoms with Crippen LogP contribution < -0.4 is 10.9 Å². The van der Waals surface area contributed by atoms with E-state index in [-0.39, 0.29) is 17.2 Å². The van der Waals surface area contributed by atoms with E-state index in [2.05, 4.69) is 10.3 Å². The molecule has 0 spiro atoms. The maximum absolute atomic E-state index is 13.2. The predicted molar refractivity (Wildman–Crippen MR) is 125 cm³/mol. The van der Waals surface area contributed by atoms with Crippen LogP contribution in [0.1, 0.15) is 10.4 Å². The molecule has 0 saturated heterocycles. The highest BCUT2D eigenvalue weighted by molar-refractivity contribution is 7.99. The van der Waals surface area contributed by atoms with Crippen LogP contribution in [0.15, 0.2) is 64.5 Å². The molecule has 30 heavy (non-hydrogen) atoms. The fraction of sp³-hybridized carbons (Fsp3) is 0.136. The van der Waals surface area contributed by atoms with Gasteiger partial charge < -0.3 is 5.32 Å². The zero-order valence-electron chi connectivity index (χ0n) is 16.3. The van der Waals surface area contributed by atoms with Gasteiger partial charge in [0.2, 0.25) is 5.91 Å². The Balaban J connectivity index is 1.65. The first-order chi connectivity index (χ1) is 14.4. The van der Waals surface area contributed by atoms with E-state index in [4.69, 9.17) is 11.6 Å². The molecule has 8 heteroatoms. The number of halogens is 1. The molecule has 152 valence electrons. The Hall–Kier alpha value is -2.61. The fourth-order valence-electron chi connectivity index (χ4n) is 3.03. The number of fused-ring (bicyclic) bond motifs is 1. The van der Waals surface area contributed by atoms with Crippen molar-refractivity contribution >= 4 is 56.5 Å². The summed E-state index contributed by atoms with van der Waals surface area (Å²) in [5, 5.41) is 4.51. The second kappa shape index (κ2) is 8.63. The number of hydrogen-bond acceptors (Lipinski definition) is 5. The molecule has 0 fully saturated rings. The Labute approximate surface area is 186 Å². The van der Waals surface area contributed by atoms with Crippen LogP contribution in [0.25, 0.3) is 15.9 Å². The van der Waals surface area contributed by atoms with Crippen LogP contribution in [0.4, 0.5) is 5.69 Å². The second-order valence-corrected chi connectivity index (χ2v) is 9.36. The van der Waals surface area contributed by atoms with Crippen LogP contribution in [-0.2, 0) is 4.79 Å². The number of para-hydroxylation sites is 1. The lowest BCUT2D eigenvalue weighted by Crippen LogP contribution is -2.22. The summed E-state index contributed by atoms with van der Waals surface area (Å²) < 4.78 is 1.57. The highest BCUT2D eigenvalue weighted by Crippen LogP contribution is 2.26. The number of aryl methyl sites for hydroxylation is 2. The van der Waals surface area contributed by atoms with Crippen molar-refractivity contribution in [3.63, 3.8) is 0 Å². The van der Waals surface area contributed by atoms with Crippen molar-refractivity contribution in [1.29, 1.82) is 0 Å². The quantitative estimate of drug-likeness (QED) is 0.321. The Bertz CT molecular complexity index is 1300. The van der Waals surface area contributed by atoms with Crippen molar-refractivity contribution in [2.45, 2.75) is 19.0 Å². The van der Waals surface area contributed by atoms with Crippen LogP contribution in [-0.4, -0.2) is 21.2 Å². The largest absolute Gasteiger partial charge is 0.325 e. The molecule has 0 unspecified atom stereocenters. The van der Waals surface area contributed by atoms with E-state index >= 15 is 0 Å². The molecule has 0 atom stereocenters. The number of nitrogens with one attached hydrogen (secondary N) is 1. The standard InChI is InChI=1S/C22H18ClN3O2S2/c1-13-8-9-15(23)11-18(13)24-19(27)12-29-22-25-20-17(10-14(2)30-20)21(28)26(22)16-6-4-3-5-7-16/h3-11H,12H2,1-2H3,(H,24,27). The SMILES string of the molecule is Cc1cc2c(=O)n(-c3ccccc3)c(SCC(=O)Nc3cc(Cl)ccc3C)nc2s1. The molecule has 0 bridgehead atoms. The van der Waals surface area contributed by atoms with Crippen LogP contribution in [0.5, 0.6) is 0 Å². The Kier molecular flexibility index (Phi) is 5.94. The molecule has 4 rings (SSSR count). The monoisotopic (exact) mass is 455 g/mol. The normalized spacial score (nSPS) is 11.0. The van der Waals surface area contributed by atoms with Crippen LogP contribution in [0.2, 0.25) is 5.02 Å². The number of rotatable bonds is 5. The molecular weight excluding hydrogens is 438 g/mol. The third-order valence-electron chi connectivity index (χ3n) is 4.48. The molecule has 0 aliphatic rings. The van der Waals surface area contributed by atoms with E-state index in [0.717, 1.165) is 10.4 Å². The van der Waals surface area contributed by atoms with Crippen LogP contribution in [0, 0.1) is 13.8 Å². The minimum absolute atomic E-state index is 0.112. The number of carbonyl (C=O) groups is 1. The summed E-state index contributed by atoms with van der Waals surface area (Å²) in [5.74, 6) is -0.0807. The Morgan fingerprint density at radius 2 is 1.93 bits per heavy atom. The molecular formula is C22H18ClN3O2S2. The third kappa shape index (κ3) is 4.28. The molecule has 0 radical (unpaired) electrons. The first-order valence-electron chi connectivity index (χ1n) is 9.20. The lowest BCUT2D eigenvalue weighted by atomic mass is 10.2. The topological polar surface area (TPSA) is 64.0 Å². The minimum atomic E-state index is -0.193. The molecule has 1 amide bonds. The summed E-state index contributed by atoms with van der Waals surface area (Å²) in [6.07, 6.45) is 0. The molecule has 4 aromatic rings. The summed E-state index contributed by atoms with van der Waals surface area (Å²) in [7, 11) is 0. The average Bonchev–Trinajstić information content (AvgIpc) is 3.10. The van der Waals surface area contributed by atoms with Gasteiger partial charge in [0.25, 0.3) is 5.56 Å². The number of aromatic nitrogens is 2. The van der Waals surface area contributed by atoms with Gasteiger partial charge in [0.05, 0.1) is 16.8 Å². The lowest BCUT2D eigenvalue weighted by molar-refractivity contribution is -0.113. The van der Waals surface area contributed by atoms with Crippen molar-refractivity contribution in [3.05, 3.63) is 80.4 Å². The van der Waals surface area contributed by atoms with Crippen molar-refractivity contribution in [2.75, 3.05) is 11.1 Å². The number of benzene rings is 2. The van der Waals surface area contributed by atoms with Crippen LogP contribution in [0.3, 0.4) is 0 Å². The maximum atomic E-state index is 13.2. The molecule has 0 aliphatic heterocycles. The minimum Gasteiger partial charge on any atom is -0.325 e. The van der Waals surface area contributed by atoms with Gasteiger partial charge in [-0.1, -0.05) is 47.6 Å². The zero-order chi connectivity index (χ0) is 21.3.